The Balaban J connectivity index is 1.78. The first-order valence-electron chi connectivity index (χ1n) is 6.18. The van der Waals surface area contributed by atoms with Crippen molar-refractivity contribution in [2.24, 2.45) is 11.8 Å². The van der Waals surface area contributed by atoms with E-state index in [4.69, 9.17) is 4.74 Å². The van der Waals surface area contributed by atoms with Crippen LogP contribution in [0.5, 0.6) is 0 Å². The molecule has 2 fully saturated rings. The van der Waals surface area contributed by atoms with Crippen molar-refractivity contribution in [1.29, 1.82) is 0 Å². The van der Waals surface area contributed by atoms with Crippen molar-refractivity contribution in [1.82, 2.24) is 0 Å². The lowest BCUT2D eigenvalue weighted by atomic mass is 9.81. The molecule has 1 saturated carbocycles. The van der Waals surface area contributed by atoms with Crippen molar-refractivity contribution in [2.75, 3.05) is 6.61 Å². The highest BCUT2D eigenvalue weighted by molar-refractivity contribution is 14.1. The van der Waals surface area contributed by atoms with Gasteiger partial charge in [0.2, 0.25) is 0 Å². The van der Waals surface area contributed by atoms with E-state index in [2.05, 4.69) is 35.2 Å². The van der Waals surface area contributed by atoms with Gasteiger partial charge in [-0.15, -0.1) is 6.58 Å². The Hall–Kier alpha value is 0.430. The van der Waals surface area contributed by atoms with E-state index in [1.54, 1.807) is 0 Å². The first-order chi connectivity index (χ1) is 7.29. The van der Waals surface area contributed by atoms with Gasteiger partial charge in [0.15, 0.2) is 0 Å². The van der Waals surface area contributed by atoms with Gasteiger partial charge in [-0.1, -0.05) is 28.7 Å². The summed E-state index contributed by atoms with van der Waals surface area (Å²) in [6.45, 7) is 4.77. The predicted molar refractivity (Wildman–Crippen MR) is 72.4 cm³/mol. The Bertz CT molecular complexity index is 201. The van der Waals surface area contributed by atoms with Crippen molar-refractivity contribution >= 4 is 22.6 Å². The molecule has 0 aromatic rings. The standard InChI is InChI=1S/C13H21IO/c1-2-10-3-8-13(15-9-10)11-4-6-12(14)7-5-11/h2,10-13H,1,3-9H2. The summed E-state index contributed by atoms with van der Waals surface area (Å²) in [6, 6.07) is 0. The van der Waals surface area contributed by atoms with Crippen LogP contribution in [0.15, 0.2) is 12.7 Å². The maximum absolute atomic E-state index is 5.98. The zero-order valence-corrected chi connectivity index (χ0v) is 11.5. The highest BCUT2D eigenvalue weighted by Gasteiger charge is 2.30. The Morgan fingerprint density at radius 1 is 1.07 bits per heavy atom. The van der Waals surface area contributed by atoms with Crippen molar-refractivity contribution < 1.29 is 4.74 Å². The molecule has 0 aromatic heterocycles. The summed E-state index contributed by atoms with van der Waals surface area (Å²) in [5.74, 6) is 1.46. The number of ether oxygens (including phenoxy) is 1. The van der Waals surface area contributed by atoms with Gasteiger partial charge in [-0.25, -0.2) is 0 Å². The molecule has 0 N–H and O–H groups in total. The maximum Gasteiger partial charge on any atom is 0.0603 e. The SMILES string of the molecule is C=CC1CCC(C2CCC(I)CC2)OC1. The molecule has 2 heteroatoms. The fraction of sp³-hybridized carbons (Fsp3) is 0.846. The van der Waals surface area contributed by atoms with Crippen LogP contribution in [-0.2, 0) is 4.74 Å². The third-order valence-corrected chi connectivity index (χ3v) is 5.15. The van der Waals surface area contributed by atoms with Crippen LogP contribution in [-0.4, -0.2) is 16.6 Å². The molecule has 0 radical (unpaired) electrons. The molecule has 2 unspecified atom stereocenters. The summed E-state index contributed by atoms with van der Waals surface area (Å²) in [4.78, 5) is 0. The molecule has 0 spiro atoms. The van der Waals surface area contributed by atoms with Crippen molar-refractivity contribution in [3.63, 3.8) is 0 Å². The predicted octanol–water partition coefficient (Wildman–Crippen LogP) is 3.96. The summed E-state index contributed by atoms with van der Waals surface area (Å²) < 4.78 is 6.90. The molecule has 0 bridgehead atoms. The lowest BCUT2D eigenvalue weighted by molar-refractivity contribution is -0.0451. The van der Waals surface area contributed by atoms with E-state index < -0.39 is 0 Å². The number of alkyl halides is 1. The molecule has 2 atom stereocenters. The molecule has 2 rings (SSSR count). The average Bonchev–Trinajstić information content (AvgIpc) is 2.30. The normalized spacial score (nSPS) is 42.5. The molecular formula is C13H21IO. The lowest BCUT2D eigenvalue weighted by Gasteiger charge is -2.36. The summed E-state index contributed by atoms with van der Waals surface area (Å²) in [5, 5.41) is 0. The van der Waals surface area contributed by atoms with Crippen LogP contribution < -0.4 is 0 Å². The van der Waals surface area contributed by atoms with Crippen LogP contribution in [0.4, 0.5) is 0 Å². The van der Waals surface area contributed by atoms with E-state index in [9.17, 15) is 0 Å². The topological polar surface area (TPSA) is 9.23 Å². The number of rotatable bonds is 2. The van der Waals surface area contributed by atoms with Gasteiger partial charge in [-0.2, -0.15) is 0 Å². The average molecular weight is 320 g/mol. The Morgan fingerprint density at radius 3 is 2.33 bits per heavy atom. The molecule has 1 heterocycles. The van der Waals surface area contributed by atoms with E-state index in [-0.39, 0.29) is 0 Å². The van der Waals surface area contributed by atoms with Gasteiger partial charge in [0.25, 0.3) is 0 Å². The summed E-state index contributed by atoms with van der Waals surface area (Å²) >= 11 is 2.59. The van der Waals surface area contributed by atoms with Crippen LogP contribution >= 0.6 is 22.6 Å². The fourth-order valence-electron chi connectivity index (χ4n) is 2.80. The fourth-order valence-corrected chi connectivity index (χ4v) is 3.52. The van der Waals surface area contributed by atoms with Crippen LogP contribution in [0.3, 0.4) is 0 Å². The van der Waals surface area contributed by atoms with Gasteiger partial charge in [-0.05, 0) is 44.4 Å². The first kappa shape index (κ1) is 11.9. The molecule has 15 heavy (non-hydrogen) atoms. The number of hydrogen-bond acceptors (Lipinski definition) is 1. The second-order valence-electron chi connectivity index (χ2n) is 4.96. The van der Waals surface area contributed by atoms with E-state index in [1.165, 1.54) is 38.5 Å². The lowest BCUT2D eigenvalue weighted by Crippen LogP contribution is -2.33. The number of hydrogen-bond donors (Lipinski definition) is 0. The Labute approximate surface area is 107 Å². The van der Waals surface area contributed by atoms with Gasteiger partial charge in [0.05, 0.1) is 12.7 Å². The molecule has 2 aliphatic rings. The Morgan fingerprint density at radius 2 is 1.80 bits per heavy atom. The largest absolute Gasteiger partial charge is 0.377 e. The van der Waals surface area contributed by atoms with Gasteiger partial charge in [-0.3, -0.25) is 0 Å². The molecule has 1 aliphatic carbocycles. The van der Waals surface area contributed by atoms with Crippen molar-refractivity contribution in [2.45, 2.75) is 48.6 Å². The minimum Gasteiger partial charge on any atom is -0.377 e. The molecule has 86 valence electrons. The van der Waals surface area contributed by atoms with Crippen LogP contribution in [0, 0.1) is 11.8 Å². The molecule has 0 amide bonds. The monoisotopic (exact) mass is 320 g/mol. The van der Waals surface area contributed by atoms with E-state index in [0.29, 0.717) is 12.0 Å². The number of halogens is 1. The maximum atomic E-state index is 5.98. The Kier molecular flexibility index (Phi) is 4.50. The second kappa shape index (κ2) is 5.67. The van der Waals surface area contributed by atoms with Crippen molar-refractivity contribution in [3.8, 4) is 0 Å². The van der Waals surface area contributed by atoms with Gasteiger partial charge >= 0.3 is 0 Å². The highest BCUT2D eigenvalue weighted by atomic mass is 127. The molecule has 1 nitrogen and oxygen atoms in total. The second-order valence-corrected chi connectivity index (χ2v) is 6.72. The van der Waals surface area contributed by atoms with Gasteiger partial charge < -0.3 is 4.74 Å². The van der Waals surface area contributed by atoms with E-state index in [1.807, 2.05) is 0 Å². The summed E-state index contributed by atoms with van der Waals surface area (Å²) in [6.07, 6.45) is 10.7. The summed E-state index contributed by atoms with van der Waals surface area (Å²) in [5.41, 5.74) is 0. The summed E-state index contributed by atoms with van der Waals surface area (Å²) in [7, 11) is 0. The highest BCUT2D eigenvalue weighted by Crippen LogP contribution is 2.35. The third kappa shape index (κ3) is 3.19. The smallest absolute Gasteiger partial charge is 0.0603 e. The zero-order valence-electron chi connectivity index (χ0n) is 9.33. The van der Waals surface area contributed by atoms with Crippen LogP contribution in [0.25, 0.3) is 0 Å². The van der Waals surface area contributed by atoms with E-state index in [0.717, 1.165) is 16.4 Å². The molecule has 1 aliphatic heterocycles. The molecule has 1 saturated heterocycles. The minimum absolute atomic E-state index is 0.560. The zero-order chi connectivity index (χ0) is 10.7. The molecule has 0 aromatic carbocycles. The van der Waals surface area contributed by atoms with Crippen molar-refractivity contribution in [3.05, 3.63) is 12.7 Å². The van der Waals surface area contributed by atoms with Crippen LogP contribution in [0.1, 0.15) is 38.5 Å². The quantitative estimate of drug-likeness (QED) is 0.425. The first-order valence-corrected chi connectivity index (χ1v) is 7.42. The van der Waals surface area contributed by atoms with Gasteiger partial charge in [0.1, 0.15) is 0 Å². The van der Waals surface area contributed by atoms with Gasteiger partial charge in [0, 0.05) is 9.84 Å². The molecular weight excluding hydrogens is 299 g/mol. The van der Waals surface area contributed by atoms with E-state index >= 15 is 0 Å². The van der Waals surface area contributed by atoms with Crippen LogP contribution in [0.2, 0.25) is 0 Å². The third-order valence-electron chi connectivity index (χ3n) is 3.91. The minimum atomic E-state index is 0.560.